The summed E-state index contributed by atoms with van der Waals surface area (Å²) in [5.74, 6) is 0.0298. The Hall–Kier alpha value is -2.17. The quantitative estimate of drug-likeness (QED) is 0.794. The monoisotopic (exact) mass is 302 g/mol. The molecule has 0 aromatic carbocycles. The number of unbranched alkanes of at least 4 members (excludes halogenated alkanes) is 1. The summed E-state index contributed by atoms with van der Waals surface area (Å²) in [6.07, 6.45) is 6.56. The van der Waals surface area contributed by atoms with Gasteiger partial charge in [0.1, 0.15) is 5.60 Å². The summed E-state index contributed by atoms with van der Waals surface area (Å²) in [4.78, 5) is 28.7. The van der Waals surface area contributed by atoms with Gasteiger partial charge in [-0.05, 0) is 33.3 Å². The second kappa shape index (κ2) is 6.30. The molecule has 0 amide bonds. The average molecular weight is 302 g/mol. The lowest BCUT2D eigenvalue weighted by atomic mass is 10.1. The molecule has 2 rings (SSSR count). The van der Waals surface area contributed by atoms with E-state index in [1.54, 1.807) is 24.7 Å². The Labute approximate surface area is 130 Å². The van der Waals surface area contributed by atoms with Crippen LogP contribution in [0, 0.1) is 0 Å². The average Bonchev–Trinajstić information content (AvgIpc) is 2.82. The molecule has 5 nitrogen and oxygen atoms in total. The summed E-state index contributed by atoms with van der Waals surface area (Å²) in [6.45, 7) is 7.47. The Morgan fingerprint density at radius 1 is 1.32 bits per heavy atom. The van der Waals surface area contributed by atoms with Gasteiger partial charge >= 0.3 is 6.09 Å². The Bertz CT molecular complexity index is 695. The number of ether oxygens (including phenoxy) is 1. The van der Waals surface area contributed by atoms with Crippen molar-refractivity contribution in [3.05, 3.63) is 30.2 Å². The van der Waals surface area contributed by atoms with Crippen molar-refractivity contribution in [1.29, 1.82) is 0 Å². The summed E-state index contributed by atoms with van der Waals surface area (Å²) >= 11 is 0. The highest BCUT2D eigenvalue weighted by Crippen LogP contribution is 2.23. The molecule has 0 saturated heterocycles. The molecule has 118 valence electrons. The third-order valence-corrected chi connectivity index (χ3v) is 3.25. The van der Waals surface area contributed by atoms with E-state index in [1.807, 2.05) is 27.7 Å². The van der Waals surface area contributed by atoms with Gasteiger partial charge in [0.15, 0.2) is 5.78 Å². The van der Waals surface area contributed by atoms with E-state index in [0.717, 1.165) is 12.8 Å². The lowest BCUT2D eigenvalue weighted by molar-refractivity contribution is 0.0544. The molecule has 5 heteroatoms. The van der Waals surface area contributed by atoms with Crippen LogP contribution in [0.2, 0.25) is 0 Å². The molecule has 0 spiro atoms. The molecule has 0 fully saturated rings. The van der Waals surface area contributed by atoms with E-state index in [4.69, 9.17) is 4.74 Å². The maximum atomic E-state index is 12.3. The number of aromatic nitrogens is 2. The number of ketones is 1. The first kappa shape index (κ1) is 16.2. The summed E-state index contributed by atoms with van der Waals surface area (Å²) in [5.41, 5.74) is 0.583. The van der Waals surface area contributed by atoms with Gasteiger partial charge in [0.05, 0.1) is 5.52 Å². The van der Waals surface area contributed by atoms with E-state index in [9.17, 15) is 9.59 Å². The van der Waals surface area contributed by atoms with Gasteiger partial charge in [-0.1, -0.05) is 13.3 Å². The Kier molecular flexibility index (Phi) is 4.64. The molecule has 0 bridgehead atoms. The highest BCUT2D eigenvalue weighted by molar-refractivity contribution is 6.09. The molecule has 2 aromatic rings. The molecule has 0 saturated carbocycles. The third-order valence-electron chi connectivity index (χ3n) is 3.25. The van der Waals surface area contributed by atoms with Gasteiger partial charge in [0.2, 0.25) is 0 Å². The lowest BCUT2D eigenvalue weighted by Gasteiger charge is -2.19. The topological polar surface area (TPSA) is 61.2 Å². The second-order valence-corrected chi connectivity index (χ2v) is 6.31. The van der Waals surface area contributed by atoms with Crippen LogP contribution >= 0.6 is 0 Å². The Balaban J connectivity index is 2.44. The standard InChI is InChI=1S/C17H22N2O3/c1-5-6-7-15(20)13-11-19(16(21)22-17(2,3)4)14-8-9-18-10-12(13)14/h8-11H,5-7H2,1-4H3. The van der Waals surface area contributed by atoms with E-state index in [2.05, 4.69) is 4.98 Å². The van der Waals surface area contributed by atoms with Crippen LogP contribution in [0.4, 0.5) is 4.79 Å². The predicted molar refractivity (Wildman–Crippen MR) is 85.2 cm³/mol. The van der Waals surface area contributed by atoms with E-state index < -0.39 is 11.7 Å². The van der Waals surface area contributed by atoms with E-state index in [1.165, 1.54) is 4.57 Å². The normalized spacial score (nSPS) is 11.6. The smallest absolute Gasteiger partial charge is 0.419 e. The third kappa shape index (κ3) is 3.53. The minimum atomic E-state index is -0.590. The highest BCUT2D eigenvalue weighted by atomic mass is 16.6. The number of Topliss-reactive ketones (excluding diaryl/α,β-unsaturated/α-hetero) is 1. The minimum absolute atomic E-state index is 0.0298. The maximum absolute atomic E-state index is 12.3. The number of hydrogen-bond acceptors (Lipinski definition) is 4. The van der Waals surface area contributed by atoms with Crippen LogP contribution < -0.4 is 0 Å². The summed E-state index contributed by atoms with van der Waals surface area (Å²) < 4.78 is 6.79. The molecule has 0 aliphatic heterocycles. The van der Waals surface area contributed by atoms with Crippen LogP contribution in [0.25, 0.3) is 10.9 Å². The van der Waals surface area contributed by atoms with Crippen molar-refractivity contribution in [2.45, 2.75) is 52.6 Å². The molecular formula is C17H22N2O3. The zero-order valence-electron chi connectivity index (χ0n) is 13.5. The molecular weight excluding hydrogens is 280 g/mol. The molecule has 0 unspecified atom stereocenters. The van der Waals surface area contributed by atoms with Crippen molar-refractivity contribution in [2.24, 2.45) is 0 Å². The van der Waals surface area contributed by atoms with Crippen molar-refractivity contribution >= 4 is 22.8 Å². The molecule has 0 N–H and O–H groups in total. The molecule has 0 aliphatic carbocycles. The molecule has 2 aromatic heterocycles. The van der Waals surface area contributed by atoms with Gasteiger partial charge in [-0.25, -0.2) is 4.79 Å². The first-order valence-corrected chi connectivity index (χ1v) is 7.55. The molecule has 0 radical (unpaired) electrons. The first-order chi connectivity index (χ1) is 10.3. The fourth-order valence-corrected chi connectivity index (χ4v) is 2.23. The van der Waals surface area contributed by atoms with Crippen LogP contribution in [-0.2, 0) is 4.74 Å². The number of hydrogen-bond donors (Lipinski definition) is 0. The number of carbonyl (C=O) groups excluding carboxylic acids is 2. The van der Waals surface area contributed by atoms with E-state index in [0.29, 0.717) is 22.9 Å². The molecule has 2 heterocycles. The zero-order valence-corrected chi connectivity index (χ0v) is 13.5. The van der Waals surface area contributed by atoms with Crippen molar-refractivity contribution in [2.75, 3.05) is 0 Å². The fourth-order valence-electron chi connectivity index (χ4n) is 2.23. The number of carbonyl (C=O) groups is 2. The van der Waals surface area contributed by atoms with Gasteiger partial charge in [0.25, 0.3) is 0 Å². The first-order valence-electron chi connectivity index (χ1n) is 7.55. The van der Waals surface area contributed by atoms with E-state index in [-0.39, 0.29) is 5.78 Å². The second-order valence-electron chi connectivity index (χ2n) is 6.31. The minimum Gasteiger partial charge on any atom is -0.443 e. The molecule has 0 aliphatic rings. The molecule has 22 heavy (non-hydrogen) atoms. The van der Waals surface area contributed by atoms with Crippen LogP contribution in [0.1, 0.15) is 57.3 Å². The number of nitrogens with zero attached hydrogens (tertiary/aromatic N) is 2. The Morgan fingerprint density at radius 3 is 2.68 bits per heavy atom. The van der Waals surface area contributed by atoms with Crippen LogP contribution in [-0.4, -0.2) is 27.0 Å². The summed E-state index contributed by atoms with van der Waals surface area (Å²) in [7, 11) is 0. The van der Waals surface area contributed by atoms with Gasteiger partial charge in [-0.3, -0.25) is 14.3 Å². The van der Waals surface area contributed by atoms with Crippen molar-refractivity contribution < 1.29 is 14.3 Å². The van der Waals surface area contributed by atoms with Gasteiger partial charge < -0.3 is 4.74 Å². The van der Waals surface area contributed by atoms with Crippen molar-refractivity contribution in [1.82, 2.24) is 9.55 Å². The number of rotatable bonds is 4. The maximum Gasteiger partial charge on any atom is 0.419 e. The predicted octanol–water partition coefficient (Wildman–Crippen LogP) is 4.19. The van der Waals surface area contributed by atoms with Crippen LogP contribution in [0.15, 0.2) is 24.7 Å². The SMILES string of the molecule is CCCCC(=O)c1cn(C(=O)OC(C)(C)C)c2ccncc12. The van der Waals surface area contributed by atoms with E-state index >= 15 is 0 Å². The Morgan fingerprint density at radius 2 is 2.05 bits per heavy atom. The zero-order chi connectivity index (χ0) is 16.3. The highest BCUT2D eigenvalue weighted by Gasteiger charge is 2.22. The van der Waals surface area contributed by atoms with Crippen LogP contribution in [0.5, 0.6) is 0 Å². The summed E-state index contributed by atoms with van der Waals surface area (Å²) in [5, 5.41) is 0.689. The van der Waals surface area contributed by atoms with Crippen molar-refractivity contribution in [3.63, 3.8) is 0 Å². The van der Waals surface area contributed by atoms with Gasteiger partial charge in [-0.15, -0.1) is 0 Å². The summed E-state index contributed by atoms with van der Waals surface area (Å²) in [6, 6.07) is 1.72. The number of pyridine rings is 1. The van der Waals surface area contributed by atoms with Gasteiger partial charge in [-0.2, -0.15) is 0 Å². The number of fused-ring (bicyclic) bond motifs is 1. The molecule has 0 atom stereocenters. The largest absolute Gasteiger partial charge is 0.443 e. The fraction of sp³-hybridized carbons (Fsp3) is 0.471. The van der Waals surface area contributed by atoms with Crippen LogP contribution in [0.3, 0.4) is 0 Å². The van der Waals surface area contributed by atoms with Gasteiger partial charge in [0, 0.05) is 36.0 Å². The lowest BCUT2D eigenvalue weighted by Crippen LogP contribution is -2.26. The van der Waals surface area contributed by atoms with Crippen molar-refractivity contribution in [3.8, 4) is 0 Å².